The molecular weight excluding hydrogens is 399 g/mol. The van der Waals surface area contributed by atoms with E-state index in [2.05, 4.69) is 6.92 Å². The molecule has 1 saturated carbocycles. The van der Waals surface area contributed by atoms with Gasteiger partial charge in [0, 0.05) is 11.6 Å². The summed E-state index contributed by atoms with van der Waals surface area (Å²) < 4.78 is 70.3. The van der Waals surface area contributed by atoms with Crippen molar-refractivity contribution in [2.24, 2.45) is 5.92 Å². The molecule has 0 atom stereocenters. The Kier molecular flexibility index (Phi) is 7.16. The molecule has 6 heteroatoms. The highest BCUT2D eigenvalue weighted by atomic mass is 19.4. The van der Waals surface area contributed by atoms with Crippen molar-refractivity contribution >= 4 is 6.08 Å². The van der Waals surface area contributed by atoms with E-state index in [1.807, 2.05) is 24.3 Å². The number of allylic oxidation sites excluding steroid dienone is 1. The largest absolute Gasteiger partial charge is 0.489 e. The number of benzene rings is 2. The third-order valence-corrected chi connectivity index (χ3v) is 5.76. The van der Waals surface area contributed by atoms with Crippen LogP contribution >= 0.6 is 0 Å². The topological polar surface area (TPSA) is 9.23 Å². The summed E-state index contributed by atoms with van der Waals surface area (Å²) in [6.45, 7) is 2.15. The molecule has 0 heterocycles. The molecule has 2 aromatic rings. The van der Waals surface area contributed by atoms with E-state index < -0.39 is 23.4 Å². The number of hydrogen-bond donors (Lipinski definition) is 0. The molecule has 1 fully saturated rings. The maximum absolute atomic E-state index is 14.0. The monoisotopic (exact) mass is 424 g/mol. The molecule has 0 unspecified atom stereocenters. The van der Waals surface area contributed by atoms with Gasteiger partial charge in [-0.05, 0) is 79.0 Å². The highest BCUT2D eigenvalue weighted by Crippen LogP contribution is 2.37. The van der Waals surface area contributed by atoms with Gasteiger partial charge in [-0.25, -0.2) is 8.78 Å². The van der Waals surface area contributed by atoms with E-state index in [-0.39, 0.29) is 18.2 Å². The lowest BCUT2D eigenvalue weighted by atomic mass is 9.78. The quantitative estimate of drug-likeness (QED) is 0.430. The fraction of sp³-hybridized carbons (Fsp3) is 0.417. The highest BCUT2D eigenvalue weighted by Gasteiger charge is 2.23. The first-order valence-electron chi connectivity index (χ1n) is 10.2. The standard InChI is InChI=1S/C24H25F5O/c1-2-16-3-5-18(6-4-16)19-7-9-20(10-8-19)30-15-17-13-22(25)21(23(26)14-17)11-12-24(27,28)29/h7-14,16,18H,2-6,15H2,1H3/b12-11+. The van der Waals surface area contributed by atoms with E-state index in [0.717, 1.165) is 18.1 Å². The van der Waals surface area contributed by atoms with E-state index >= 15 is 0 Å². The lowest BCUT2D eigenvalue weighted by molar-refractivity contribution is -0.0790. The summed E-state index contributed by atoms with van der Waals surface area (Å²) in [5.74, 6) is -0.163. The molecule has 1 nitrogen and oxygen atoms in total. The zero-order valence-electron chi connectivity index (χ0n) is 16.8. The number of ether oxygens (including phenoxy) is 1. The maximum atomic E-state index is 14.0. The Balaban J connectivity index is 1.60. The lowest BCUT2D eigenvalue weighted by Gasteiger charge is -2.28. The fourth-order valence-corrected chi connectivity index (χ4v) is 3.96. The van der Waals surface area contributed by atoms with Crippen molar-refractivity contribution in [3.05, 3.63) is 70.8 Å². The van der Waals surface area contributed by atoms with Gasteiger partial charge in [0.1, 0.15) is 24.0 Å². The minimum atomic E-state index is -4.64. The molecule has 1 aliphatic rings. The summed E-state index contributed by atoms with van der Waals surface area (Å²) in [5.41, 5.74) is 0.754. The molecule has 0 saturated heterocycles. The first-order valence-corrected chi connectivity index (χ1v) is 10.2. The normalized spacial score (nSPS) is 19.9. The van der Waals surface area contributed by atoms with Crippen molar-refractivity contribution < 1.29 is 26.7 Å². The van der Waals surface area contributed by atoms with Crippen LogP contribution in [-0.2, 0) is 6.61 Å². The second-order valence-corrected chi connectivity index (χ2v) is 7.83. The van der Waals surface area contributed by atoms with Gasteiger partial charge in [0.15, 0.2) is 0 Å². The summed E-state index contributed by atoms with van der Waals surface area (Å²) in [6, 6.07) is 9.71. The molecule has 3 rings (SSSR count). The molecule has 30 heavy (non-hydrogen) atoms. The molecule has 0 amide bonds. The first kappa shape index (κ1) is 22.3. The van der Waals surface area contributed by atoms with Gasteiger partial charge in [-0.15, -0.1) is 0 Å². The van der Waals surface area contributed by atoms with Crippen LogP contribution in [0.25, 0.3) is 6.08 Å². The van der Waals surface area contributed by atoms with E-state index in [9.17, 15) is 22.0 Å². The second kappa shape index (κ2) is 9.63. The van der Waals surface area contributed by atoms with Gasteiger partial charge in [0.05, 0.1) is 0 Å². The second-order valence-electron chi connectivity index (χ2n) is 7.83. The summed E-state index contributed by atoms with van der Waals surface area (Å²) in [6.07, 6.45) is 1.68. The Morgan fingerprint density at radius 1 is 0.967 bits per heavy atom. The van der Waals surface area contributed by atoms with Crippen molar-refractivity contribution in [1.29, 1.82) is 0 Å². The summed E-state index contributed by atoms with van der Waals surface area (Å²) in [7, 11) is 0. The van der Waals surface area contributed by atoms with Crippen LogP contribution in [0.4, 0.5) is 22.0 Å². The number of rotatable bonds is 6. The smallest absolute Gasteiger partial charge is 0.409 e. The molecule has 0 bridgehead atoms. The van der Waals surface area contributed by atoms with Crippen LogP contribution in [0.5, 0.6) is 5.75 Å². The first-order chi connectivity index (χ1) is 14.2. The SMILES string of the molecule is CCC1CCC(c2ccc(OCc3cc(F)c(/C=C/C(F)(F)F)c(F)c3)cc2)CC1. The Morgan fingerprint density at radius 3 is 2.10 bits per heavy atom. The summed E-state index contributed by atoms with van der Waals surface area (Å²) in [5, 5.41) is 0. The molecule has 0 N–H and O–H groups in total. The van der Waals surface area contributed by atoms with Gasteiger partial charge in [0.2, 0.25) is 0 Å². The molecule has 2 aromatic carbocycles. The molecule has 162 valence electrons. The van der Waals surface area contributed by atoms with Crippen molar-refractivity contribution in [2.45, 2.75) is 57.7 Å². The van der Waals surface area contributed by atoms with Crippen molar-refractivity contribution in [3.8, 4) is 5.75 Å². The van der Waals surface area contributed by atoms with Gasteiger partial charge in [-0.1, -0.05) is 25.5 Å². The Bertz CT molecular complexity index is 839. The lowest BCUT2D eigenvalue weighted by Crippen LogP contribution is -2.12. The minimum Gasteiger partial charge on any atom is -0.489 e. The minimum absolute atomic E-state index is 0.0853. The van der Waals surface area contributed by atoms with E-state index in [1.54, 1.807) is 0 Å². The summed E-state index contributed by atoms with van der Waals surface area (Å²) >= 11 is 0. The number of alkyl halides is 3. The van der Waals surface area contributed by atoms with Gasteiger partial charge in [-0.3, -0.25) is 0 Å². The van der Waals surface area contributed by atoms with E-state index in [0.29, 0.717) is 17.7 Å². The number of halogens is 5. The average molecular weight is 424 g/mol. The number of hydrogen-bond acceptors (Lipinski definition) is 1. The predicted molar refractivity (Wildman–Crippen MR) is 107 cm³/mol. The highest BCUT2D eigenvalue weighted by molar-refractivity contribution is 5.52. The average Bonchev–Trinajstić information content (AvgIpc) is 2.71. The molecule has 0 radical (unpaired) electrons. The van der Waals surface area contributed by atoms with Crippen LogP contribution in [0.3, 0.4) is 0 Å². The summed E-state index contributed by atoms with van der Waals surface area (Å²) in [4.78, 5) is 0. The van der Waals surface area contributed by atoms with E-state index in [4.69, 9.17) is 4.74 Å². The van der Waals surface area contributed by atoms with Crippen LogP contribution < -0.4 is 4.74 Å². The Morgan fingerprint density at radius 2 is 1.57 bits per heavy atom. The van der Waals surface area contributed by atoms with E-state index in [1.165, 1.54) is 37.7 Å². The van der Waals surface area contributed by atoms with Crippen molar-refractivity contribution in [1.82, 2.24) is 0 Å². The zero-order chi connectivity index (χ0) is 21.7. The van der Waals surface area contributed by atoms with Crippen molar-refractivity contribution in [3.63, 3.8) is 0 Å². The Labute approximate surface area is 173 Å². The van der Waals surface area contributed by atoms with Crippen LogP contribution in [0, 0.1) is 17.6 Å². The van der Waals surface area contributed by atoms with Gasteiger partial charge < -0.3 is 4.74 Å². The van der Waals surface area contributed by atoms with Crippen molar-refractivity contribution in [2.75, 3.05) is 0 Å². The third kappa shape index (κ3) is 6.07. The Hall–Kier alpha value is -2.37. The van der Waals surface area contributed by atoms with Crippen LogP contribution in [0.1, 0.15) is 61.6 Å². The van der Waals surface area contributed by atoms with Crippen LogP contribution in [0.15, 0.2) is 42.5 Å². The molecule has 0 aliphatic heterocycles. The van der Waals surface area contributed by atoms with Crippen LogP contribution in [-0.4, -0.2) is 6.18 Å². The molecule has 0 aromatic heterocycles. The molecular formula is C24H25F5O. The maximum Gasteiger partial charge on any atom is 0.409 e. The van der Waals surface area contributed by atoms with Gasteiger partial charge >= 0.3 is 6.18 Å². The molecule has 1 aliphatic carbocycles. The van der Waals surface area contributed by atoms with Gasteiger partial charge in [0.25, 0.3) is 0 Å². The molecule has 0 spiro atoms. The predicted octanol–water partition coefficient (Wildman–Crippen LogP) is 7.80. The zero-order valence-corrected chi connectivity index (χ0v) is 16.8. The van der Waals surface area contributed by atoms with Crippen LogP contribution in [0.2, 0.25) is 0 Å². The fourth-order valence-electron chi connectivity index (χ4n) is 3.96. The van der Waals surface area contributed by atoms with Gasteiger partial charge in [-0.2, -0.15) is 13.2 Å². The third-order valence-electron chi connectivity index (χ3n) is 5.76.